The second-order valence-electron chi connectivity index (χ2n) is 5.98. The van der Waals surface area contributed by atoms with Crippen molar-refractivity contribution in [1.82, 2.24) is 9.91 Å². The highest BCUT2D eigenvalue weighted by molar-refractivity contribution is 5.74. The van der Waals surface area contributed by atoms with Gasteiger partial charge in [0, 0.05) is 36.5 Å². The summed E-state index contributed by atoms with van der Waals surface area (Å²) in [5, 5.41) is 1.73. The number of nitrogens with zero attached hydrogens (tertiary/aromatic N) is 2. The van der Waals surface area contributed by atoms with E-state index in [1.54, 1.807) is 11.1 Å². The molecule has 0 unspecified atom stereocenters. The van der Waals surface area contributed by atoms with E-state index < -0.39 is 0 Å². The van der Waals surface area contributed by atoms with Crippen LogP contribution in [0.1, 0.15) is 25.0 Å². The molecule has 0 bridgehead atoms. The van der Waals surface area contributed by atoms with E-state index in [-0.39, 0.29) is 6.04 Å². The van der Waals surface area contributed by atoms with E-state index in [0.717, 1.165) is 29.1 Å². The normalized spacial score (nSPS) is 21.5. The summed E-state index contributed by atoms with van der Waals surface area (Å²) in [5.41, 5.74) is 12.0. The maximum atomic E-state index is 6.54. The molecule has 0 aromatic heterocycles. The van der Waals surface area contributed by atoms with E-state index in [0.29, 0.717) is 5.70 Å². The highest BCUT2D eigenvalue weighted by Gasteiger charge is 2.24. The minimum Gasteiger partial charge on any atom is -0.396 e. The van der Waals surface area contributed by atoms with Crippen LogP contribution in [0.3, 0.4) is 0 Å². The Morgan fingerprint density at radius 1 is 1.22 bits per heavy atom. The standard InChI is InChI=1S/C19H26N4/c1-6-15-17(7-2)22(5)12-14-10-8-9-11-16(14)19(18(15)20)23(21)13(3)4/h6-11,13H,1-2,12,20-21H2,3-5H3/b17-15-,19-18-. The third kappa shape index (κ3) is 3.03. The molecule has 4 nitrogen and oxygen atoms in total. The molecule has 0 amide bonds. The maximum absolute atomic E-state index is 6.54. The van der Waals surface area contributed by atoms with Crippen molar-refractivity contribution in [3.05, 3.63) is 77.7 Å². The largest absolute Gasteiger partial charge is 0.396 e. The SMILES string of the molecule is C=CC1=C(\C=C)N(C)Cc2ccccc2/C(N(N)C(C)C)=C\1N. The van der Waals surface area contributed by atoms with E-state index in [9.17, 15) is 0 Å². The Bertz CT molecular complexity index is 682. The Labute approximate surface area is 139 Å². The van der Waals surface area contributed by atoms with Gasteiger partial charge < -0.3 is 15.6 Å². The number of nitrogens with two attached hydrogens (primary N) is 2. The summed E-state index contributed by atoms with van der Waals surface area (Å²) in [7, 11) is 2.03. The van der Waals surface area contributed by atoms with Crippen molar-refractivity contribution in [3.63, 3.8) is 0 Å². The van der Waals surface area contributed by atoms with Crippen molar-refractivity contribution in [1.29, 1.82) is 0 Å². The van der Waals surface area contributed by atoms with E-state index in [1.165, 1.54) is 5.56 Å². The quantitative estimate of drug-likeness (QED) is 0.663. The number of hydrogen-bond donors (Lipinski definition) is 2. The predicted octanol–water partition coefficient (Wildman–Crippen LogP) is 2.97. The van der Waals surface area contributed by atoms with Crippen molar-refractivity contribution < 1.29 is 0 Å². The van der Waals surface area contributed by atoms with Gasteiger partial charge in [-0.1, -0.05) is 43.5 Å². The number of hydrogen-bond acceptors (Lipinski definition) is 4. The Balaban J connectivity index is 2.86. The van der Waals surface area contributed by atoms with Gasteiger partial charge in [-0.05, 0) is 25.5 Å². The highest BCUT2D eigenvalue weighted by Crippen LogP contribution is 2.32. The fourth-order valence-electron chi connectivity index (χ4n) is 2.86. The zero-order valence-corrected chi connectivity index (χ0v) is 14.2. The third-order valence-corrected chi connectivity index (χ3v) is 4.12. The van der Waals surface area contributed by atoms with E-state index >= 15 is 0 Å². The van der Waals surface area contributed by atoms with Crippen LogP contribution >= 0.6 is 0 Å². The van der Waals surface area contributed by atoms with Crippen LogP contribution in [0.2, 0.25) is 0 Å². The first-order chi connectivity index (χ1) is 10.9. The number of likely N-dealkylation sites (N-methyl/N-ethyl adjacent to an activating group) is 1. The number of hydrazine groups is 1. The van der Waals surface area contributed by atoms with Crippen LogP contribution in [0, 0.1) is 0 Å². The van der Waals surface area contributed by atoms with Gasteiger partial charge in [-0.15, -0.1) is 0 Å². The molecule has 0 spiro atoms. The molecule has 4 heteroatoms. The summed E-state index contributed by atoms with van der Waals surface area (Å²) in [4.78, 5) is 2.13. The summed E-state index contributed by atoms with van der Waals surface area (Å²) in [5.74, 6) is 6.35. The first-order valence-electron chi connectivity index (χ1n) is 7.75. The van der Waals surface area contributed by atoms with Gasteiger partial charge in [0.25, 0.3) is 0 Å². The lowest BCUT2D eigenvalue weighted by molar-refractivity contribution is 0.339. The lowest BCUT2D eigenvalue weighted by atomic mass is 9.95. The van der Waals surface area contributed by atoms with Crippen molar-refractivity contribution in [3.8, 4) is 0 Å². The fourth-order valence-corrected chi connectivity index (χ4v) is 2.86. The zero-order chi connectivity index (χ0) is 17.1. The van der Waals surface area contributed by atoms with Crippen molar-refractivity contribution in [2.24, 2.45) is 11.6 Å². The molecule has 0 atom stereocenters. The summed E-state index contributed by atoms with van der Waals surface area (Å²) < 4.78 is 0. The van der Waals surface area contributed by atoms with Crippen molar-refractivity contribution >= 4 is 5.70 Å². The summed E-state index contributed by atoms with van der Waals surface area (Å²) >= 11 is 0. The molecule has 1 aliphatic rings. The lowest BCUT2D eigenvalue weighted by Crippen LogP contribution is -2.38. The second kappa shape index (κ2) is 6.75. The lowest BCUT2D eigenvalue weighted by Gasteiger charge is -2.33. The van der Waals surface area contributed by atoms with Crippen LogP contribution in [-0.2, 0) is 6.54 Å². The van der Waals surface area contributed by atoms with Gasteiger partial charge in [-0.2, -0.15) is 0 Å². The van der Waals surface area contributed by atoms with E-state index in [1.807, 2.05) is 39.1 Å². The third-order valence-electron chi connectivity index (χ3n) is 4.12. The van der Waals surface area contributed by atoms with E-state index in [2.05, 4.69) is 30.2 Å². The van der Waals surface area contributed by atoms with Crippen molar-refractivity contribution in [2.75, 3.05) is 7.05 Å². The number of benzene rings is 1. The van der Waals surface area contributed by atoms with Crippen LogP contribution in [-0.4, -0.2) is 23.0 Å². The molecule has 4 N–H and O–H groups in total. The van der Waals surface area contributed by atoms with Gasteiger partial charge >= 0.3 is 0 Å². The summed E-state index contributed by atoms with van der Waals surface area (Å²) in [6.45, 7) is 12.7. The minimum absolute atomic E-state index is 0.118. The van der Waals surface area contributed by atoms with Crippen LogP contribution < -0.4 is 11.6 Å². The molecular weight excluding hydrogens is 284 g/mol. The van der Waals surface area contributed by atoms with E-state index in [4.69, 9.17) is 11.6 Å². The fraction of sp³-hybridized carbons (Fsp3) is 0.263. The molecule has 23 heavy (non-hydrogen) atoms. The Morgan fingerprint density at radius 3 is 2.43 bits per heavy atom. The summed E-state index contributed by atoms with van der Waals surface area (Å²) in [6, 6.07) is 8.32. The van der Waals surface area contributed by atoms with Crippen LogP contribution in [0.25, 0.3) is 5.70 Å². The van der Waals surface area contributed by atoms with Crippen LogP contribution in [0.5, 0.6) is 0 Å². The summed E-state index contributed by atoms with van der Waals surface area (Å²) in [6.07, 6.45) is 3.58. The molecule has 122 valence electrons. The Kier molecular flexibility index (Phi) is 4.96. The maximum Gasteiger partial charge on any atom is 0.0832 e. The smallest absolute Gasteiger partial charge is 0.0832 e. The minimum atomic E-state index is 0.118. The van der Waals surface area contributed by atoms with Gasteiger partial charge in [0.2, 0.25) is 0 Å². The number of fused-ring (bicyclic) bond motifs is 1. The average Bonchev–Trinajstić information content (AvgIpc) is 2.52. The van der Waals surface area contributed by atoms with Crippen LogP contribution in [0.4, 0.5) is 0 Å². The van der Waals surface area contributed by atoms with Gasteiger partial charge in [0.15, 0.2) is 0 Å². The molecule has 1 aliphatic heterocycles. The van der Waals surface area contributed by atoms with Crippen molar-refractivity contribution in [2.45, 2.75) is 26.4 Å². The molecule has 0 saturated heterocycles. The Hall–Kier alpha value is -2.46. The predicted molar refractivity (Wildman–Crippen MR) is 97.6 cm³/mol. The van der Waals surface area contributed by atoms with Gasteiger partial charge in [-0.25, -0.2) is 5.84 Å². The van der Waals surface area contributed by atoms with Gasteiger partial charge in [0.05, 0.1) is 11.4 Å². The molecule has 0 aliphatic carbocycles. The van der Waals surface area contributed by atoms with Crippen LogP contribution in [0.15, 0.2) is 66.5 Å². The second-order valence-corrected chi connectivity index (χ2v) is 5.98. The molecule has 0 saturated carbocycles. The molecular formula is C19H26N4. The molecule has 2 rings (SSSR count). The zero-order valence-electron chi connectivity index (χ0n) is 14.2. The number of allylic oxidation sites excluding steroid dienone is 2. The highest BCUT2D eigenvalue weighted by atomic mass is 15.4. The Morgan fingerprint density at radius 2 is 1.87 bits per heavy atom. The molecule has 0 fully saturated rings. The monoisotopic (exact) mass is 310 g/mol. The van der Waals surface area contributed by atoms with Gasteiger partial charge in [-0.3, -0.25) is 0 Å². The first-order valence-corrected chi connectivity index (χ1v) is 7.75. The molecule has 0 radical (unpaired) electrons. The average molecular weight is 310 g/mol. The topological polar surface area (TPSA) is 58.5 Å². The van der Waals surface area contributed by atoms with Gasteiger partial charge in [0.1, 0.15) is 0 Å². The molecule has 1 aromatic rings. The first kappa shape index (κ1) is 16.9. The molecule has 1 heterocycles. The molecule has 1 aromatic carbocycles. The number of rotatable bonds is 4.